The van der Waals surface area contributed by atoms with Crippen LogP contribution in [0.4, 0.5) is 0 Å². The minimum absolute atomic E-state index is 0.0126. The summed E-state index contributed by atoms with van der Waals surface area (Å²) in [5, 5.41) is 3.49. The van der Waals surface area contributed by atoms with E-state index in [1.165, 1.54) is 31.2 Å². The molecular formula is C18H22N2O. The molecule has 0 radical (unpaired) electrons. The fourth-order valence-electron chi connectivity index (χ4n) is 2.93. The maximum atomic E-state index is 12.2. The molecule has 0 bridgehead atoms. The van der Waals surface area contributed by atoms with Gasteiger partial charge in [0.2, 0.25) is 0 Å². The Balaban J connectivity index is 1.73. The predicted molar refractivity (Wildman–Crippen MR) is 86.3 cm³/mol. The van der Waals surface area contributed by atoms with Gasteiger partial charge in [0.05, 0.1) is 0 Å². The maximum Gasteiger partial charge on any atom is 0.252 e. The van der Waals surface area contributed by atoms with Gasteiger partial charge in [-0.3, -0.25) is 4.79 Å². The first-order valence-electron chi connectivity index (χ1n) is 7.75. The van der Waals surface area contributed by atoms with E-state index in [2.05, 4.69) is 29.4 Å². The Morgan fingerprint density at radius 2 is 1.81 bits per heavy atom. The Labute approximate surface area is 125 Å². The van der Waals surface area contributed by atoms with Gasteiger partial charge < -0.3 is 10.3 Å². The average molecular weight is 282 g/mol. The third-order valence-corrected chi connectivity index (χ3v) is 4.29. The van der Waals surface area contributed by atoms with E-state index in [0.29, 0.717) is 12.6 Å². The fraction of sp³-hybridized carbons (Fsp3) is 0.389. The lowest BCUT2D eigenvalue weighted by molar-refractivity contribution is 0.522. The first-order valence-corrected chi connectivity index (χ1v) is 7.75. The van der Waals surface area contributed by atoms with Crippen molar-refractivity contribution < 1.29 is 0 Å². The van der Waals surface area contributed by atoms with E-state index >= 15 is 0 Å². The van der Waals surface area contributed by atoms with Crippen LogP contribution in [0.15, 0.2) is 41.2 Å². The largest absolute Gasteiger partial charge is 0.322 e. The summed E-state index contributed by atoms with van der Waals surface area (Å²) in [6.45, 7) is 2.72. The highest BCUT2D eigenvalue weighted by atomic mass is 16.1. The van der Waals surface area contributed by atoms with Gasteiger partial charge >= 0.3 is 0 Å². The van der Waals surface area contributed by atoms with Crippen LogP contribution in [-0.4, -0.2) is 11.0 Å². The van der Waals surface area contributed by atoms with E-state index in [0.717, 1.165) is 16.8 Å². The van der Waals surface area contributed by atoms with Gasteiger partial charge in [-0.05, 0) is 31.4 Å². The van der Waals surface area contributed by atoms with Gasteiger partial charge in [-0.1, -0.05) is 48.7 Å². The summed E-state index contributed by atoms with van der Waals surface area (Å²) >= 11 is 0. The molecule has 1 fully saturated rings. The zero-order valence-electron chi connectivity index (χ0n) is 12.5. The number of pyridine rings is 1. The summed E-state index contributed by atoms with van der Waals surface area (Å²) in [6.07, 6.45) is 5.08. The van der Waals surface area contributed by atoms with Crippen molar-refractivity contribution in [3.05, 3.63) is 57.9 Å². The third kappa shape index (κ3) is 3.42. The topological polar surface area (TPSA) is 44.9 Å². The highest BCUT2D eigenvalue weighted by Crippen LogP contribution is 2.18. The molecule has 1 heterocycles. The first-order chi connectivity index (χ1) is 10.2. The van der Waals surface area contributed by atoms with Crippen molar-refractivity contribution in [2.45, 2.75) is 45.2 Å². The minimum atomic E-state index is 0.0126. The monoisotopic (exact) mass is 282 g/mol. The molecular weight excluding hydrogens is 260 g/mol. The molecule has 1 saturated carbocycles. The van der Waals surface area contributed by atoms with Crippen LogP contribution in [0.3, 0.4) is 0 Å². The lowest BCUT2D eigenvalue weighted by Crippen LogP contribution is -2.28. The second-order valence-corrected chi connectivity index (χ2v) is 5.95. The van der Waals surface area contributed by atoms with Gasteiger partial charge in [0.25, 0.3) is 5.56 Å². The molecule has 0 saturated heterocycles. The van der Waals surface area contributed by atoms with Crippen molar-refractivity contribution in [1.82, 2.24) is 10.3 Å². The van der Waals surface area contributed by atoms with E-state index in [1.54, 1.807) is 0 Å². The number of aryl methyl sites for hydroxylation is 1. The Bertz CT molecular complexity index is 652. The molecule has 0 amide bonds. The van der Waals surface area contributed by atoms with Gasteiger partial charge in [-0.2, -0.15) is 0 Å². The van der Waals surface area contributed by atoms with Crippen molar-refractivity contribution in [3.63, 3.8) is 0 Å². The number of aromatic nitrogens is 1. The van der Waals surface area contributed by atoms with Gasteiger partial charge in [0, 0.05) is 23.8 Å². The van der Waals surface area contributed by atoms with E-state index in [4.69, 9.17) is 0 Å². The number of H-pyrrole nitrogens is 1. The lowest BCUT2D eigenvalue weighted by Gasteiger charge is -2.11. The Morgan fingerprint density at radius 1 is 1.10 bits per heavy atom. The SMILES string of the molecule is Cc1ccc(-c2ccc(CNC3CCCC3)c(=O)[nH]2)cc1. The van der Waals surface area contributed by atoms with Crippen LogP contribution >= 0.6 is 0 Å². The van der Waals surface area contributed by atoms with E-state index in [9.17, 15) is 4.79 Å². The van der Waals surface area contributed by atoms with E-state index in [1.807, 2.05) is 24.3 Å². The molecule has 1 aliphatic rings. The molecule has 3 rings (SSSR count). The molecule has 1 aromatic carbocycles. The summed E-state index contributed by atoms with van der Waals surface area (Å²) in [4.78, 5) is 15.2. The molecule has 21 heavy (non-hydrogen) atoms. The van der Waals surface area contributed by atoms with Crippen molar-refractivity contribution in [1.29, 1.82) is 0 Å². The summed E-state index contributed by atoms with van der Waals surface area (Å²) in [5.41, 5.74) is 3.98. The molecule has 0 aliphatic heterocycles. The summed E-state index contributed by atoms with van der Waals surface area (Å²) in [7, 11) is 0. The average Bonchev–Trinajstić information content (AvgIpc) is 3.00. The molecule has 2 aromatic rings. The van der Waals surface area contributed by atoms with E-state index < -0.39 is 0 Å². The van der Waals surface area contributed by atoms with Crippen LogP contribution in [0, 0.1) is 6.92 Å². The van der Waals surface area contributed by atoms with Gasteiger partial charge in [0.1, 0.15) is 0 Å². The second kappa shape index (κ2) is 6.27. The summed E-state index contributed by atoms with van der Waals surface area (Å²) in [6, 6.07) is 12.7. The zero-order chi connectivity index (χ0) is 14.7. The molecule has 3 heteroatoms. The van der Waals surface area contributed by atoms with Crippen LogP contribution in [0.2, 0.25) is 0 Å². The molecule has 0 spiro atoms. The molecule has 0 unspecified atom stereocenters. The molecule has 0 atom stereocenters. The lowest BCUT2D eigenvalue weighted by atomic mass is 10.1. The summed E-state index contributed by atoms with van der Waals surface area (Å²) in [5.74, 6) is 0. The highest BCUT2D eigenvalue weighted by molar-refractivity contribution is 5.59. The quantitative estimate of drug-likeness (QED) is 0.903. The molecule has 3 nitrogen and oxygen atoms in total. The minimum Gasteiger partial charge on any atom is -0.322 e. The van der Waals surface area contributed by atoms with Crippen LogP contribution in [-0.2, 0) is 6.54 Å². The first kappa shape index (κ1) is 14.1. The van der Waals surface area contributed by atoms with Crippen LogP contribution < -0.4 is 10.9 Å². The van der Waals surface area contributed by atoms with Crippen LogP contribution in [0.25, 0.3) is 11.3 Å². The molecule has 110 valence electrons. The van der Waals surface area contributed by atoms with Crippen molar-refractivity contribution >= 4 is 0 Å². The third-order valence-electron chi connectivity index (χ3n) is 4.29. The van der Waals surface area contributed by atoms with E-state index in [-0.39, 0.29) is 5.56 Å². The Hall–Kier alpha value is -1.87. The normalized spacial score (nSPS) is 15.5. The van der Waals surface area contributed by atoms with Gasteiger partial charge in [-0.25, -0.2) is 0 Å². The number of hydrogen-bond acceptors (Lipinski definition) is 2. The molecule has 1 aromatic heterocycles. The second-order valence-electron chi connectivity index (χ2n) is 5.95. The Kier molecular flexibility index (Phi) is 4.20. The number of hydrogen-bond donors (Lipinski definition) is 2. The number of nitrogens with one attached hydrogen (secondary N) is 2. The smallest absolute Gasteiger partial charge is 0.252 e. The van der Waals surface area contributed by atoms with Crippen molar-refractivity contribution in [2.24, 2.45) is 0 Å². The highest BCUT2D eigenvalue weighted by Gasteiger charge is 2.14. The van der Waals surface area contributed by atoms with Crippen molar-refractivity contribution in [2.75, 3.05) is 0 Å². The fourth-order valence-corrected chi connectivity index (χ4v) is 2.93. The zero-order valence-corrected chi connectivity index (χ0v) is 12.5. The van der Waals surface area contributed by atoms with Crippen LogP contribution in [0.5, 0.6) is 0 Å². The standard InChI is InChI=1S/C18H22N2O/c1-13-6-8-14(9-7-13)17-11-10-15(18(21)20-17)12-19-16-4-2-3-5-16/h6-11,16,19H,2-5,12H2,1H3,(H,20,21). The number of rotatable bonds is 4. The Morgan fingerprint density at radius 3 is 2.48 bits per heavy atom. The van der Waals surface area contributed by atoms with Gasteiger partial charge in [0.15, 0.2) is 0 Å². The van der Waals surface area contributed by atoms with Crippen LogP contribution in [0.1, 0.15) is 36.8 Å². The molecule has 2 N–H and O–H groups in total. The van der Waals surface area contributed by atoms with Gasteiger partial charge in [-0.15, -0.1) is 0 Å². The predicted octanol–water partition coefficient (Wildman–Crippen LogP) is 3.38. The van der Waals surface area contributed by atoms with Crippen molar-refractivity contribution in [3.8, 4) is 11.3 Å². The number of benzene rings is 1. The molecule has 1 aliphatic carbocycles. The number of aromatic amines is 1. The maximum absolute atomic E-state index is 12.2. The summed E-state index contributed by atoms with van der Waals surface area (Å²) < 4.78 is 0.